The highest BCUT2D eigenvalue weighted by atomic mass is 16.6. The number of carbonyl (C=O) groups is 1. The average Bonchev–Trinajstić information content (AvgIpc) is 2.72. The summed E-state index contributed by atoms with van der Waals surface area (Å²) in [5.74, 6) is 0.229. The van der Waals surface area contributed by atoms with E-state index >= 15 is 0 Å². The van der Waals surface area contributed by atoms with Gasteiger partial charge in [-0.2, -0.15) is 0 Å². The summed E-state index contributed by atoms with van der Waals surface area (Å²) in [5.41, 5.74) is 6.11. The molecule has 0 aliphatic rings. The van der Waals surface area contributed by atoms with Gasteiger partial charge < -0.3 is 15.8 Å². The summed E-state index contributed by atoms with van der Waals surface area (Å²) >= 11 is 0. The van der Waals surface area contributed by atoms with Gasteiger partial charge in [-0.1, -0.05) is 0 Å². The molecule has 1 atom stereocenters. The first-order valence-electron chi connectivity index (χ1n) is 6.38. The van der Waals surface area contributed by atoms with Gasteiger partial charge >= 0.3 is 5.97 Å². The van der Waals surface area contributed by atoms with Gasteiger partial charge in [0, 0.05) is 12.4 Å². The molecule has 0 aliphatic carbocycles. The Labute approximate surface area is 117 Å². The van der Waals surface area contributed by atoms with Crippen molar-refractivity contribution in [1.82, 2.24) is 14.6 Å². The van der Waals surface area contributed by atoms with Gasteiger partial charge in [0.25, 0.3) is 0 Å². The van der Waals surface area contributed by atoms with E-state index in [0.717, 1.165) is 5.65 Å². The van der Waals surface area contributed by atoms with Gasteiger partial charge in [0.05, 0.1) is 12.6 Å². The molecule has 108 valence electrons. The number of rotatable bonds is 4. The van der Waals surface area contributed by atoms with Gasteiger partial charge in [0.2, 0.25) is 0 Å². The van der Waals surface area contributed by atoms with E-state index < -0.39 is 11.8 Å². The average molecular weight is 277 g/mol. The number of imidazole rings is 1. The number of ether oxygens (including phenoxy) is 1. The molecule has 0 saturated carbocycles. The van der Waals surface area contributed by atoms with Crippen LogP contribution in [-0.4, -0.2) is 32.3 Å². The van der Waals surface area contributed by atoms with Crippen LogP contribution in [0, 0.1) is 0 Å². The van der Waals surface area contributed by atoms with Crippen molar-refractivity contribution in [3.63, 3.8) is 0 Å². The second-order valence-electron chi connectivity index (χ2n) is 5.49. The summed E-state index contributed by atoms with van der Waals surface area (Å²) in [5, 5.41) is 7.23. The monoisotopic (exact) mass is 277 g/mol. The molecule has 20 heavy (non-hydrogen) atoms. The Morgan fingerprint density at radius 1 is 1.50 bits per heavy atom. The summed E-state index contributed by atoms with van der Waals surface area (Å²) in [6, 6.07) is 3.58. The van der Waals surface area contributed by atoms with Crippen LogP contribution in [-0.2, 0) is 9.53 Å². The first kappa shape index (κ1) is 14.3. The highest BCUT2D eigenvalue weighted by molar-refractivity contribution is 5.71. The van der Waals surface area contributed by atoms with Gasteiger partial charge in [-0.05, 0) is 32.9 Å². The lowest BCUT2D eigenvalue weighted by Gasteiger charge is -2.21. The maximum Gasteiger partial charge on any atom is 0.309 e. The van der Waals surface area contributed by atoms with E-state index in [1.807, 2.05) is 26.8 Å². The zero-order valence-corrected chi connectivity index (χ0v) is 11.8. The summed E-state index contributed by atoms with van der Waals surface area (Å²) < 4.78 is 6.84. The molecule has 0 fully saturated rings. The maximum atomic E-state index is 11.7. The molecule has 2 aromatic rings. The van der Waals surface area contributed by atoms with Crippen molar-refractivity contribution in [1.29, 1.82) is 0 Å². The van der Waals surface area contributed by atoms with E-state index in [4.69, 9.17) is 10.5 Å². The fraction of sp³-hybridized carbons (Fsp3) is 0.462. The van der Waals surface area contributed by atoms with Crippen molar-refractivity contribution >= 4 is 17.4 Å². The van der Waals surface area contributed by atoms with Crippen molar-refractivity contribution in [2.75, 3.05) is 5.32 Å². The van der Waals surface area contributed by atoms with Crippen LogP contribution in [0.1, 0.15) is 27.2 Å². The van der Waals surface area contributed by atoms with Gasteiger partial charge in [0.15, 0.2) is 5.65 Å². The summed E-state index contributed by atoms with van der Waals surface area (Å²) in [4.78, 5) is 15.7. The van der Waals surface area contributed by atoms with Crippen LogP contribution in [0.25, 0.3) is 5.65 Å². The van der Waals surface area contributed by atoms with E-state index in [1.54, 1.807) is 23.0 Å². The fourth-order valence-electron chi connectivity index (χ4n) is 1.70. The van der Waals surface area contributed by atoms with Crippen molar-refractivity contribution in [2.45, 2.75) is 39.0 Å². The topological polar surface area (TPSA) is 94.5 Å². The van der Waals surface area contributed by atoms with Crippen molar-refractivity contribution in [2.24, 2.45) is 5.73 Å². The smallest absolute Gasteiger partial charge is 0.309 e. The molecule has 2 heterocycles. The number of hydrogen-bond donors (Lipinski definition) is 2. The van der Waals surface area contributed by atoms with E-state index in [9.17, 15) is 4.79 Å². The van der Waals surface area contributed by atoms with Crippen LogP contribution in [0.5, 0.6) is 0 Å². The van der Waals surface area contributed by atoms with Crippen LogP contribution in [0.15, 0.2) is 24.5 Å². The number of fused-ring (bicyclic) bond motifs is 1. The summed E-state index contributed by atoms with van der Waals surface area (Å²) in [7, 11) is 0. The molecule has 7 nitrogen and oxygen atoms in total. The lowest BCUT2D eigenvalue weighted by Crippen LogP contribution is -2.35. The van der Waals surface area contributed by atoms with E-state index in [2.05, 4.69) is 15.4 Å². The van der Waals surface area contributed by atoms with Crippen LogP contribution >= 0.6 is 0 Å². The number of hydrogen-bond acceptors (Lipinski definition) is 6. The SMILES string of the molecule is CC(C)(C)OC(=O)CC(N)Nc1ccc2nccn2n1. The number of anilines is 1. The molecule has 3 N–H and O–H groups in total. The highest BCUT2D eigenvalue weighted by Gasteiger charge is 2.18. The van der Waals surface area contributed by atoms with Crippen LogP contribution in [0.3, 0.4) is 0 Å². The maximum absolute atomic E-state index is 11.7. The summed E-state index contributed by atoms with van der Waals surface area (Å²) in [6.07, 6.45) is 2.91. The predicted molar refractivity (Wildman–Crippen MR) is 75.0 cm³/mol. The molecular weight excluding hydrogens is 258 g/mol. The Morgan fingerprint density at radius 2 is 2.25 bits per heavy atom. The fourth-order valence-corrected chi connectivity index (χ4v) is 1.70. The number of nitrogens with zero attached hydrogens (tertiary/aromatic N) is 3. The highest BCUT2D eigenvalue weighted by Crippen LogP contribution is 2.10. The Balaban J connectivity index is 1.93. The Morgan fingerprint density at radius 3 is 2.95 bits per heavy atom. The minimum absolute atomic E-state index is 0.0704. The molecule has 0 aliphatic heterocycles. The van der Waals surface area contributed by atoms with Gasteiger partial charge in [-0.15, -0.1) is 5.10 Å². The third-order valence-corrected chi connectivity index (χ3v) is 2.40. The summed E-state index contributed by atoms with van der Waals surface area (Å²) in [6.45, 7) is 5.45. The molecule has 0 bridgehead atoms. The Hall–Kier alpha value is -2.15. The second-order valence-corrected chi connectivity index (χ2v) is 5.49. The first-order chi connectivity index (χ1) is 9.33. The van der Waals surface area contributed by atoms with Gasteiger partial charge in [0.1, 0.15) is 11.4 Å². The third kappa shape index (κ3) is 3.92. The minimum Gasteiger partial charge on any atom is -0.460 e. The zero-order chi connectivity index (χ0) is 14.8. The molecule has 7 heteroatoms. The van der Waals surface area contributed by atoms with E-state index in [0.29, 0.717) is 5.82 Å². The number of nitrogens with two attached hydrogens (primary N) is 1. The molecule has 2 aromatic heterocycles. The van der Waals surface area contributed by atoms with Crippen LogP contribution in [0.4, 0.5) is 5.82 Å². The molecule has 0 radical (unpaired) electrons. The van der Waals surface area contributed by atoms with Crippen LogP contribution < -0.4 is 11.1 Å². The van der Waals surface area contributed by atoms with Crippen molar-refractivity contribution in [3.8, 4) is 0 Å². The van der Waals surface area contributed by atoms with Gasteiger partial charge in [-0.25, -0.2) is 9.50 Å². The van der Waals surface area contributed by atoms with E-state index in [1.165, 1.54) is 0 Å². The lowest BCUT2D eigenvalue weighted by atomic mass is 10.2. The second kappa shape index (κ2) is 5.46. The number of carbonyl (C=O) groups excluding carboxylic acids is 1. The molecule has 0 spiro atoms. The zero-order valence-electron chi connectivity index (χ0n) is 11.8. The largest absolute Gasteiger partial charge is 0.460 e. The molecule has 0 aromatic carbocycles. The minimum atomic E-state index is -0.557. The van der Waals surface area contributed by atoms with E-state index in [-0.39, 0.29) is 12.4 Å². The normalized spacial score (nSPS) is 13.2. The quantitative estimate of drug-likeness (QED) is 0.643. The first-order valence-corrected chi connectivity index (χ1v) is 6.38. The Kier molecular flexibility index (Phi) is 3.89. The predicted octanol–water partition coefficient (Wildman–Crippen LogP) is 1.16. The van der Waals surface area contributed by atoms with Crippen molar-refractivity contribution < 1.29 is 9.53 Å². The number of esters is 1. The third-order valence-electron chi connectivity index (χ3n) is 2.40. The van der Waals surface area contributed by atoms with Crippen LogP contribution in [0.2, 0.25) is 0 Å². The molecule has 2 rings (SSSR count). The lowest BCUT2D eigenvalue weighted by molar-refractivity contribution is -0.155. The number of nitrogens with one attached hydrogen (secondary N) is 1. The standard InChI is InChI=1S/C13H19N5O2/c1-13(2,3)20-12(19)8-9(14)16-10-4-5-11-15-6-7-18(11)17-10/h4-7,9H,8,14H2,1-3H3,(H,16,17). The Bertz CT molecular complexity index is 602. The molecule has 0 saturated heterocycles. The molecular formula is C13H19N5O2. The van der Waals surface area contributed by atoms with Gasteiger partial charge in [-0.3, -0.25) is 4.79 Å². The number of aromatic nitrogens is 3. The molecule has 0 amide bonds. The molecule has 1 unspecified atom stereocenters. The van der Waals surface area contributed by atoms with Crippen molar-refractivity contribution in [3.05, 3.63) is 24.5 Å².